The molecule has 1 fully saturated rings. The summed E-state index contributed by atoms with van der Waals surface area (Å²) >= 11 is 0. The van der Waals surface area contributed by atoms with E-state index in [1.807, 2.05) is 0 Å². The molecule has 158 valence electrons. The zero-order valence-corrected chi connectivity index (χ0v) is 18.1. The topological polar surface area (TPSA) is 52.6 Å². The van der Waals surface area contributed by atoms with Crippen molar-refractivity contribution in [1.82, 2.24) is 0 Å². The van der Waals surface area contributed by atoms with Crippen molar-refractivity contribution >= 4 is 11.9 Å². The van der Waals surface area contributed by atoms with Crippen LogP contribution in [0.3, 0.4) is 0 Å². The number of carbonyl (C=O) groups is 2. The van der Waals surface area contributed by atoms with Crippen LogP contribution in [-0.2, 0) is 19.1 Å². The smallest absolute Gasteiger partial charge is 0.309 e. The van der Waals surface area contributed by atoms with Crippen LogP contribution in [0.25, 0.3) is 0 Å². The molecule has 0 aliphatic heterocycles. The molecule has 1 aliphatic rings. The first-order valence-corrected chi connectivity index (χ1v) is 11.2. The minimum absolute atomic E-state index is 0.194. The van der Waals surface area contributed by atoms with Crippen molar-refractivity contribution < 1.29 is 19.1 Å². The lowest BCUT2D eigenvalue weighted by Gasteiger charge is -2.28. The number of esters is 2. The highest BCUT2D eigenvalue weighted by atomic mass is 16.5. The van der Waals surface area contributed by atoms with Gasteiger partial charge >= 0.3 is 11.9 Å². The molecule has 1 rings (SSSR count). The molecule has 0 aromatic heterocycles. The molecule has 0 aromatic rings. The van der Waals surface area contributed by atoms with E-state index < -0.39 is 0 Å². The third-order valence-electron chi connectivity index (χ3n) is 5.46. The second-order valence-electron chi connectivity index (χ2n) is 8.97. The molecule has 0 N–H and O–H groups in total. The second-order valence-corrected chi connectivity index (χ2v) is 8.97. The molecule has 4 heteroatoms. The van der Waals surface area contributed by atoms with Gasteiger partial charge in [0.25, 0.3) is 0 Å². The molecule has 2 atom stereocenters. The lowest BCUT2D eigenvalue weighted by Crippen LogP contribution is -2.35. The summed E-state index contributed by atoms with van der Waals surface area (Å²) in [6.07, 6.45) is 11.0. The van der Waals surface area contributed by atoms with E-state index in [0.29, 0.717) is 19.1 Å². The molecular weight excluding hydrogens is 340 g/mol. The van der Waals surface area contributed by atoms with Crippen LogP contribution in [0, 0.1) is 23.7 Å². The van der Waals surface area contributed by atoms with Gasteiger partial charge in [-0.05, 0) is 43.9 Å². The van der Waals surface area contributed by atoms with Crippen molar-refractivity contribution in [3.05, 3.63) is 0 Å². The van der Waals surface area contributed by atoms with Crippen molar-refractivity contribution in [2.24, 2.45) is 23.7 Å². The van der Waals surface area contributed by atoms with Crippen molar-refractivity contribution in [2.75, 3.05) is 13.2 Å². The third kappa shape index (κ3) is 10.8. The second kappa shape index (κ2) is 14.0. The van der Waals surface area contributed by atoms with Gasteiger partial charge in [-0.1, -0.05) is 66.2 Å². The van der Waals surface area contributed by atoms with Gasteiger partial charge in [-0.15, -0.1) is 0 Å². The van der Waals surface area contributed by atoms with Gasteiger partial charge < -0.3 is 9.47 Å². The van der Waals surface area contributed by atoms with Gasteiger partial charge in [0.05, 0.1) is 25.0 Å². The first kappa shape index (κ1) is 24.0. The van der Waals surface area contributed by atoms with E-state index in [4.69, 9.17) is 9.47 Å². The number of ether oxygens (including phenoxy) is 2. The Bertz CT molecular complexity index is 417. The average molecular weight is 383 g/mol. The number of rotatable bonds is 13. The fourth-order valence-electron chi connectivity index (χ4n) is 3.74. The Morgan fingerprint density at radius 1 is 0.704 bits per heavy atom. The van der Waals surface area contributed by atoms with Gasteiger partial charge in [0, 0.05) is 0 Å². The van der Waals surface area contributed by atoms with E-state index in [2.05, 4.69) is 27.7 Å². The van der Waals surface area contributed by atoms with Crippen LogP contribution in [0.5, 0.6) is 0 Å². The first-order valence-electron chi connectivity index (χ1n) is 11.2. The largest absolute Gasteiger partial charge is 0.465 e. The summed E-state index contributed by atoms with van der Waals surface area (Å²) in [5.41, 5.74) is 0. The van der Waals surface area contributed by atoms with E-state index in [-0.39, 0.29) is 23.8 Å². The maximum absolute atomic E-state index is 12.5. The Kier molecular flexibility index (Phi) is 12.4. The molecule has 1 aliphatic carbocycles. The molecule has 0 saturated heterocycles. The molecule has 0 aromatic carbocycles. The van der Waals surface area contributed by atoms with E-state index >= 15 is 0 Å². The van der Waals surface area contributed by atoms with Crippen molar-refractivity contribution in [1.29, 1.82) is 0 Å². The highest BCUT2D eigenvalue weighted by Gasteiger charge is 2.37. The van der Waals surface area contributed by atoms with Crippen molar-refractivity contribution in [3.63, 3.8) is 0 Å². The van der Waals surface area contributed by atoms with Crippen molar-refractivity contribution in [3.8, 4) is 0 Å². The standard InChI is InChI=1S/C23H42O4/c1-18(2)12-6-5-10-16-26-22(24)20-14-7-8-15-21(20)23(25)27-17-11-9-13-19(3)4/h18-21H,5-17H2,1-4H3. The van der Waals surface area contributed by atoms with Crippen LogP contribution in [-0.4, -0.2) is 25.2 Å². The predicted molar refractivity (Wildman–Crippen MR) is 109 cm³/mol. The maximum Gasteiger partial charge on any atom is 0.309 e. The molecule has 0 bridgehead atoms. The van der Waals surface area contributed by atoms with Gasteiger partial charge in [-0.25, -0.2) is 0 Å². The van der Waals surface area contributed by atoms with E-state index in [1.165, 1.54) is 12.8 Å². The summed E-state index contributed by atoms with van der Waals surface area (Å²) in [5.74, 6) is 0.406. The van der Waals surface area contributed by atoms with E-state index in [0.717, 1.165) is 63.7 Å². The summed E-state index contributed by atoms with van der Waals surface area (Å²) in [4.78, 5) is 24.9. The lowest BCUT2D eigenvalue weighted by molar-refractivity contribution is -0.163. The summed E-state index contributed by atoms with van der Waals surface area (Å²) in [6, 6.07) is 0. The Morgan fingerprint density at radius 2 is 1.11 bits per heavy atom. The normalized spacial score (nSPS) is 20.1. The van der Waals surface area contributed by atoms with Crippen LogP contribution in [0.15, 0.2) is 0 Å². The van der Waals surface area contributed by atoms with Gasteiger partial charge in [-0.2, -0.15) is 0 Å². The Hall–Kier alpha value is -1.06. The highest BCUT2D eigenvalue weighted by molar-refractivity contribution is 5.82. The molecule has 0 spiro atoms. The maximum atomic E-state index is 12.5. The monoisotopic (exact) mass is 382 g/mol. The zero-order chi connectivity index (χ0) is 20.1. The minimum Gasteiger partial charge on any atom is -0.465 e. The summed E-state index contributed by atoms with van der Waals surface area (Å²) in [5, 5.41) is 0. The molecular formula is C23H42O4. The number of unbranched alkanes of at least 4 members (excludes halogenated alkanes) is 3. The molecule has 27 heavy (non-hydrogen) atoms. The van der Waals surface area contributed by atoms with Crippen LogP contribution >= 0.6 is 0 Å². The third-order valence-corrected chi connectivity index (χ3v) is 5.46. The molecule has 1 saturated carbocycles. The molecule has 0 amide bonds. The van der Waals surface area contributed by atoms with Crippen LogP contribution in [0.2, 0.25) is 0 Å². The number of hydrogen-bond donors (Lipinski definition) is 0. The summed E-state index contributed by atoms with van der Waals surface area (Å²) in [7, 11) is 0. The van der Waals surface area contributed by atoms with E-state index in [9.17, 15) is 9.59 Å². The number of carbonyl (C=O) groups excluding carboxylic acids is 2. The lowest BCUT2D eigenvalue weighted by atomic mass is 9.79. The number of hydrogen-bond acceptors (Lipinski definition) is 4. The predicted octanol–water partition coefficient (Wildman–Crippen LogP) is 5.92. The molecule has 2 unspecified atom stereocenters. The Morgan fingerprint density at radius 3 is 1.56 bits per heavy atom. The highest BCUT2D eigenvalue weighted by Crippen LogP contribution is 2.32. The average Bonchev–Trinajstić information content (AvgIpc) is 2.63. The van der Waals surface area contributed by atoms with Gasteiger partial charge in [0.15, 0.2) is 0 Å². The summed E-state index contributed by atoms with van der Waals surface area (Å²) in [6.45, 7) is 9.81. The quantitative estimate of drug-likeness (QED) is 0.293. The molecule has 4 nitrogen and oxygen atoms in total. The Labute approximate surface area is 166 Å². The van der Waals surface area contributed by atoms with E-state index in [1.54, 1.807) is 0 Å². The van der Waals surface area contributed by atoms with Crippen LogP contribution in [0.1, 0.15) is 98.3 Å². The fourth-order valence-corrected chi connectivity index (χ4v) is 3.74. The fraction of sp³-hybridized carbons (Fsp3) is 0.913. The first-order chi connectivity index (χ1) is 12.9. The SMILES string of the molecule is CC(C)CCCCCOC(=O)C1CCCCC1C(=O)OCCCCC(C)C. The minimum atomic E-state index is -0.308. The molecule has 0 heterocycles. The van der Waals surface area contributed by atoms with Crippen molar-refractivity contribution in [2.45, 2.75) is 98.3 Å². The van der Waals surface area contributed by atoms with Gasteiger partial charge in [0.1, 0.15) is 0 Å². The summed E-state index contributed by atoms with van der Waals surface area (Å²) < 4.78 is 11.0. The van der Waals surface area contributed by atoms with Crippen LogP contribution < -0.4 is 0 Å². The zero-order valence-electron chi connectivity index (χ0n) is 18.1. The van der Waals surface area contributed by atoms with Gasteiger partial charge in [0.2, 0.25) is 0 Å². The van der Waals surface area contributed by atoms with Gasteiger partial charge in [-0.3, -0.25) is 9.59 Å². The molecule has 0 radical (unpaired) electrons. The van der Waals surface area contributed by atoms with Crippen LogP contribution in [0.4, 0.5) is 0 Å². The Balaban J connectivity index is 2.29.